The van der Waals surface area contributed by atoms with Crippen LogP contribution in [0.1, 0.15) is 27.9 Å². The molecule has 0 amide bonds. The zero-order chi connectivity index (χ0) is 13.9. The molecule has 0 aliphatic heterocycles. The van der Waals surface area contributed by atoms with E-state index in [9.17, 15) is 4.79 Å². The second-order valence-corrected chi connectivity index (χ2v) is 4.87. The highest BCUT2D eigenvalue weighted by Crippen LogP contribution is 2.33. The lowest BCUT2D eigenvalue weighted by atomic mass is 10.1. The number of carbonyl (C=O) groups is 1. The van der Waals surface area contributed by atoms with Crippen molar-refractivity contribution in [1.29, 1.82) is 0 Å². The van der Waals surface area contributed by atoms with Crippen LogP contribution in [0.15, 0.2) is 42.5 Å². The number of carbonyl (C=O) groups excluding carboxylic acids is 1. The molecule has 0 unspecified atom stereocenters. The summed E-state index contributed by atoms with van der Waals surface area (Å²) in [5, 5.41) is 0. The second kappa shape index (κ2) is 5.37. The maximum Gasteiger partial charge on any atom is 0.337 e. The minimum atomic E-state index is -0.336. The van der Waals surface area contributed by atoms with Crippen molar-refractivity contribution in [2.75, 3.05) is 7.11 Å². The van der Waals surface area contributed by atoms with Crippen LogP contribution in [0.25, 0.3) is 0 Å². The second-order valence-electron chi connectivity index (χ2n) is 4.87. The molecule has 1 aliphatic rings. The molecular weight excluding hydrogens is 252 g/mol. The van der Waals surface area contributed by atoms with Gasteiger partial charge in [-0.25, -0.2) is 4.79 Å². The van der Waals surface area contributed by atoms with Gasteiger partial charge < -0.3 is 9.47 Å². The number of hydrogen-bond donors (Lipinski definition) is 0. The monoisotopic (exact) mass is 268 g/mol. The van der Waals surface area contributed by atoms with Gasteiger partial charge in [-0.2, -0.15) is 0 Å². The maximum absolute atomic E-state index is 11.4. The number of fused-ring (bicyclic) bond motifs is 1. The fourth-order valence-electron chi connectivity index (χ4n) is 2.58. The fourth-order valence-corrected chi connectivity index (χ4v) is 2.58. The fraction of sp³-hybridized carbons (Fsp3) is 0.235. The SMILES string of the molecule is COC(=O)c1ccc(Oc2cccc3c2CCC3)cc1. The van der Waals surface area contributed by atoms with Crippen LogP contribution in [0.2, 0.25) is 0 Å². The van der Waals surface area contributed by atoms with Crippen LogP contribution < -0.4 is 4.74 Å². The first-order chi connectivity index (χ1) is 9.78. The van der Waals surface area contributed by atoms with Crippen LogP contribution in [0.3, 0.4) is 0 Å². The molecule has 0 fully saturated rings. The van der Waals surface area contributed by atoms with E-state index in [2.05, 4.69) is 10.8 Å². The molecule has 0 bridgehead atoms. The van der Waals surface area contributed by atoms with E-state index in [0.717, 1.165) is 24.3 Å². The summed E-state index contributed by atoms with van der Waals surface area (Å²) >= 11 is 0. The largest absolute Gasteiger partial charge is 0.465 e. The van der Waals surface area contributed by atoms with E-state index in [1.807, 2.05) is 12.1 Å². The average molecular weight is 268 g/mol. The molecule has 1 aliphatic carbocycles. The summed E-state index contributed by atoms with van der Waals surface area (Å²) in [6.07, 6.45) is 3.40. The molecule has 20 heavy (non-hydrogen) atoms. The van der Waals surface area contributed by atoms with Crippen LogP contribution in [-0.2, 0) is 17.6 Å². The summed E-state index contributed by atoms with van der Waals surface area (Å²) < 4.78 is 10.6. The van der Waals surface area contributed by atoms with Gasteiger partial charge in [-0.15, -0.1) is 0 Å². The number of ether oxygens (including phenoxy) is 2. The summed E-state index contributed by atoms with van der Waals surface area (Å²) in [4.78, 5) is 11.4. The first kappa shape index (κ1) is 12.7. The van der Waals surface area contributed by atoms with Gasteiger partial charge in [0.05, 0.1) is 12.7 Å². The molecule has 0 aromatic heterocycles. The Hall–Kier alpha value is -2.29. The van der Waals surface area contributed by atoms with Crippen molar-refractivity contribution >= 4 is 5.97 Å². The van der Waals surface area contributed by atoms with Gasteiger partial charge >= 0.3 is 5.97 Å². The number of benzene rings is 2. The van der Waals surface area contributed by atoms with Crippen LogP contribution in [0.5, 0.6) is 11.5 Å². The van der Waals surface area contributed by atoms with E-state index in [4.69, 9.17) is 4.74 Å². The smallest absolute Gasteiger partial charge is 0.337 e. The van der Waals surface area contributed by atoms with Crippen molar-refractivity contribution in [2.24, 2.45) is 0 Å². The molecule has 0 spiro atoms. The Morgan fingerprint density at radius 3 is 2.60 bits per heavy atom. The van der Waals surface area contributed by atoms with Gasteiger partial charge in [-0.05, 0) is 60.7 Å². The highest BCUT2D eigenvalue weighted by molar-refractivity contribution is 5.89. The number of rotatable bonds is 3. The molecule has 3 rings (SSSR count). The van der Waals surface area contributed by atoms with Crippen LogP contribution >= 0.6 is 0 Å². The predicted molar refractivity (Wildman–Crippen MR) is 76.3 cm³/mol. The van der Waals surface area contributed by atoms with Gasteiger partial charge in [0.2, 0.25) is 0 Å². The molecule has 0 atom stereocenters. The van der Waals surface area contributed by atoms with E-state index in [0.29, 0.717) is 5.56 Å². The Kier molecular flexibility index (Phi) is 3.42. The summed E-state index contributed by atoms with van der Waals surface area (Å²) in [5.74, 6) is 1.32. The molecule has 3 heteroatoms. The third kappa shape index (κ3) is 2.39. The quantitative estimate of drug-likeness (QED) is 0.795. The van der Waals surface area contributed by atoms with Crippen molar-refractivity contribution in [3.63, 3.8) is 0 Å². The molecule has 0 N–H and O–H groups in total. The van der Waals surface area contributed by atoms with Gasteiger partial charge in [-0.3, -0.25) is 0 Å². The lowest BCUT2D eigenvalue weighted by Crippen LogP contribution is -2.00. The first-order valence-electron chi connectivity index (χ1n) is 6.75. The number of methoxy groups -OCH3 is 1. The van der Waals surface area contributed by atoms with E-state index >= 15 is 0 Å². The predicted octanol–water partition coefficient (Wildman–Crippen LogP) is 3.75. The Morgan fingerprint density at radius 1 is 1.05 bits per heavy atom. The topological polar surface area (TPSA) is 35.5 Å². The number of aryl methyl sites for hydroxylation is 1. The molecule has 0 saturated carbocycles. The van der Waals surface area contributed by atoms with Crippen LogP contribution in [0.4, 0.5) is 0 Å². The summed E-state index contributed by atoms with van der Waals surface area (Å²) in [5.41, 5.74) is 3.22. The third-order valence-electron chi connectivity index (χ3n) is 3.61. The van der Waals surface area contributed by atoms with Crippen LogP contribution in [-0.4, -0.2) is 13.1 Å². The zero-order valence-electron chi connectivity index (χ0n) is 11.4. The third-order valence-corrected chi connectivity index (χ3v) is 3.61. The minimum Gasteiger partial charge on any atom is -0.465 e. The van der Waals surface area contributed by atoms with Gasteiger partial charge in [0.25, 0.3) is 0 Å². The lowest BCUT2D eigenvalue weighted by molar-refractivity contribution is 0.0600. The van der Waals surface area contributed by atoms with E-state index in [-0.39, 0.29) is 5.97 Å². The van der Waals surface area contributed by atoms with Gasteiger partial charge in [0.1, 0.15) is 11.5 Å². The lowest BCUT2D eigenvalue weighted by Gasteiger charge is -2.10. The van der Waals surface area contributed by atoms with Gasteiger partial charge in [-0.1, -0.05) is 12.1 Å². The molecule has 102 valence electrons. The van der Waals surface area contributed by atoms with E-state index in [1.54, 1.807) is 24.3 Å². The highest BCUT2D eigenvalue weighted by atomic mass is 16.5. The van der Waals surface area contributed by atoms with E-state index in [1.165, 1.54) is 24.7 Å². The minimum absolute atomic E-state index is 0.336. The molecular formula is C17H16O3. The molecule has 3 nitrogen and oxygen atoms in total. The first-order valence-corrected chi connectivity index (χ1v) is 6.75. The zero-order valence-corrected chi connectivity index (χ0v) is 11.4. The van der Waals surface area contributed by atoms with Crippen molar-refractivity contribution < 1.29 is 14.3 Å². The summed E-state index contributed by atoms with van der Waals surface area (Å²) in [6.45, 7) is 0. The molecule has 0 heterocycles. The Morgan fingerprint density at radius 2 is 1.85 bits per heavy atom. The average Bonchev–Trinajstić information content (AvgIpc) is 2.97. The van der Waals surface area contributed by atoms with Gasteiger partial charge in [0, 0.05) is 0 Å². The molecule has 2 aromatic rings. The maximum atomic E-state index is 11.4. The molecule has 2 aromatic carbocycles. The van der Waals surface area contributed by atoms with Crippen molar-refractivity contribution in [2.45, 2.75) is 19.3 Å². The van der Waals surface area contributed by atoms with Crippen molar-refractivity contribution in [3.8, 4) is 11.5 Å². The Labute approximate surface area is 118 Å². The normalized spacial score (nSPS) is 12.8. The number of hydrogen-bond acceptors (Lipinski definition) is 3. The van der Waals surface area contributed by atoms with E-state index < -0.39 is 0 Å². The highest BCUT2D eigenvalue weighted by Gasteiger charge is 2.15. The number of esters is 1. The van der Waals surface area contributed by atoms with Crippen LogP contribution in [0, 0.1) is 0 Å². The standard InChI is InChI=1S/C17H16O3/c1-19-17(18)13-8-10-14(11-9-13)20-16-7-3-5-12-4-2-6-15(12)16/h3,5,7-11H,2,4,6H2,1H3. The van der Waals surface area contributed by atoms with Crippen molar-refractivity contribution in [1.82, 2.24) is 0 Å². The molecule has 0 radical (unpaired) electrons. The summed E-state index contributed by atoms with van der Waals surface area (Å²) in [7, 11) is 1.38. The summed E-state index contributed by atoms with van der Waals surface area (Å²) in [6, 6.07) is 13.2. The Balaban J connectivity index is 1.82. The Bertz CT molecular complexity index is 629. The molecule has 0 saturated heterocycles. The van der Waals surface area contributed by atoms with Gasteiger partial charge in [0.15, 0.2) is 0 Å². The van der Waals surface area contributed by atoms with Crippen molar-refractivity contribution in [3.05, 3.63) is 59.2 Å².